The van der Waals surface area contributed by atoms with E-state index >= 15 is 0 Å². The second-order valence-corrected chi connectivity index (χ2v) is 4.36. The van der Waals surface area contributed by atoms with Crippen LogP contribution in [0.4, 0.5) is 0 Å². The van der Waals surface area contributed by atoms with Gasteiger partial charge in [-0.3, -0.25) is 4.79 Å². The molecule has 1 atom stereocenters. The van der Waals surface area contributed by atoms with Gasteiger partial charge in [0.1, 0.15) is 6.10 Å². The highest BCUT2D eigenvalue weighted by Gasteiger charge is 2.21. The zero-order valence-corrected chi connectivity index (χ0v) is 10.0. The van der Waals surface area contributed by atoms with Gasteiger partial charge in [0.25, 0.3) is 0 Å². The zero-order valence-electron chi connectivity index (χ0n) is 10.0. The third kappa shape index (κ3) is 2.70. The van der Waals surface area contributed by atoms with Gasteiger partial charge in [-0.05, 0) is 37.1 Å². The molecule has 92 valence electrons. The van der Waals surface area contributed by atoms with Crippen LogP contribution in [0.1, 0.15) is 24.0 Å². The summed E-state index contributed by atoms with van der Waals surface area (Å²) in [6.07, 6.45) is 0.297. The average Bonchev–Trinajstić information content (AvgIpc) is 2.40. The molecule has 1 aliphatic rings. The number of aliphatic carboxylic acids is 1. The summed E-state index contributed by atoms with van der Waals surface area (Å²) in [5.41, 5.74) is 2.26. The summed E-state index contributed by atoms with van der Waals surface area (Å²) in [6, 6.07) is 3.85. The van der Waals surface area contributed by atoms with Crippen LogP contribution in [0, 0.1) is 13.8 Å². The first-order chi connectivity index (χ1) is 8.06. The maximum absolute atomic E-state index is 10.7. The fourth-order valence-electron chi connectivity index (χ4n) is 1.85. The Bertz CT molecular complexity index is 439. The van der Waals surface area contributed by atoms with Gasteiger partial charge in [-0.25, -0.2) is 0 Å². The molecule has 1 unspecified atom stereocenters. The Morgan fingerprint density at radius 3 is 2.65 bits per heavy atom. The number of carboxylic acid groups (broad SMARTS) is 1. The van der Waals surface area contributed by atoms with Crippen molar-refractivity contribution in [1.82, 2.24) is 0 Å². The summed E-state index contributed by atoms with van der Waals surface area (Å²) in [6.45, 7) is 4.50. The number of hydrogen-bond acceptors (Lipinski definition) is 3. The largest absolute Gasteiger partial charge is 0.490 e. The maximum atomic E-state index is 10.7. The van der Waals surface area contributed by atoms with Gasteiger partial charge in [0.15, 0.2) is 11.5 Å². The van der Waals surface area contributed by atoms with E-state index in [1.807, 2.05) is 26.0 Å². The van der Waals surface area contributed by atoms with Gasteiger partial charge in [-0.2, -0.15) is 0 Å². The van der Waals surface area contributed by atoms with Gasteiger partial charge in [0.2, 0.25) is 0 Å². The van der Waals surface area contributed by atoms with Crippen molar-refractivity contribution in [3.05, 3.63) is 23.3 Å². The molecule has 0 saturated carbocycles. The first-order valence-electron chi connectivity index (χ1n) is 5.69. The van der Waals surface area contributed by atoms with Gasteiger partial charge in [0.05, 0.1) is 13.0 Å². The summed E-state index contributed by atoms with van der Waals surface area (Å²) in [5, 5.41) is 8.78. The van der Waals surface area contributed by atoms with E-state index < -0.39 is 5.97 Å². The van der Waals surface area contributed by atoms with Crippen LogP contribution in [0.25, 0.3) is 0 Å². The van der Waals surface area contributed by atoms with Gasteiger partial charge in [-0.15, -0.1) is 0 Å². The number of benzene rings is 1. The molecule has 0 radical (unpaired) electrons. The highest BCUT2D eigenvalue weighted by atomic mass is 16.5. The normalized spacial score (nSPS) is 18.6. The molecule has 0 bridgehead atoms. The lowest BCUT2D eigenvalue weighted by atomic mass is 10.1. The van der Waals surface area contributed by atoms with E-state index in [9.17, 15) is 4.79 Å². The van der Waals surface area contributed by atoms with E-state index in [0.717, 1.165) is 11.1 Å². The van der Waals surface area contributed by atoms with Gasteiger partial charge in [-0.1, -0.05) is 0 Å². The molecule has 1 aromatic carbocycles. The Morgan fingerprint density at radius 2 is 2.00 bits per heavy atom. The third-order valence-electron chi connectivity index (χ3n) is 2.95. The molecule has 1 N–H and O–H groups in total. The summed E-state index contributed by atoms with van der Waals surface area (Å²) in [4.78, 5) is 10.7. The number of fused-ring (bicyclic) bond motifs is 1. The predicted molar refractivity (Wildman–Crippen MR) is 62.7 cm³/mol. The Kier molecular flexibility index (Phi) is 3.22. The number of hydrogen-bond donors (Lipinski definition) is 1. The van der Waals surface area contributed by atoms with Crippen molar-refractivity contribution in [2.24, 2.45) is 0 Å². The van der Waals surface area contributed by atoms with E-state index in [-0.39, 0.29) is 12.5 Å². The molecular weight excluding hydrogens is 220 g/mol. The standard InChI is InChI=1S/C13H16O4/c1-8-5-11-12(6-9(8)2)17-10(3-4-16-11)7-13(14)15/h5-6,10H,3-4,7H2,1-2H3,(H,14,15). The Balaban J connectivity index is 2.24. The minimum absolute atomic E-state index is 0.00965. The minimum Gasteiger partial charge on any atom is -0.490 e. The van der Waals surface area contributed by atoms with E-state index in [4.69, 9.17) is 14.6 Å². The Hall–Kier alpha value is -1.71. The molecule has 0 saturated heterocycles. The minimum atomic E-state index is -0.845. The first kappa shape index (κ1) is 11.8. The van der Waals surface area contributed by atoms with Crippen molar-refractivity contribution in [2.75, 3.05) is 6.61 Å². The maximum Gasteiger partial charge on any atom is 0.307 e. The van der Waals surface area contributed by atoms with Crippen molar-refractivity contribution < 1.29 is 19.4 Å². The molecule has 1 aliphatic heterocycles. The second kappa shape index (κ2) is 4.65. The van der Waals surface area contributed by atoms with E-state index in [1.54, 1.807) is 0 Å². The fraction of sp³-hybridized carbons (Fsp3) is 0.462. The van der Waals surface area contributed by atoms with Crippen molar-refractivity contribution >= 4 is 5.97 Å². The molecule has 4 heteroatoms. The van der Waals surface area contributed by atoms with Crippen molar-refractivity contribution in [2.45, 2.75) is 32.8 Å². The van der Waals surface area contributed by atoms with Crippen LogP contribution in [-0.4, -0.2) is 23.8 Å². The van der Waals surface area contributed by atoms with E-state index in [2.05, 4.69) is 0 Å². The Labute approximate surface area is 100 Å². The van der Waals surface area contributed by atoms with Crippen LogP contribution in [0.15, 0.2) is 12.1 Å². The highest BCUT2D eigenvalue weighted by molar-refractivity contribution is 5.67. The molecule has 2 rings (SSSR count). The molecule has 17 heavy (non-hydrogen) atoms. The average molecular weight is 236 g/mol. The molecule has 1 aromatic rings. The molecule has 4 nitrogen and oxygen atoms in total. The second-order valence-electron chi connectivity index (χ2n) is 4.36. The van der Waals surface area contributed by atoms with Crippen LogP contribution in [0.3, 0.4) is 0 Å². The number of carboxylic acids is 1. The van der Waals surface area contributed by atoms with Crippen LogP contribution in [0.5, 0.6) is 11.5 Å². The molecule has 0 spiro atoms. The Morgan fingerprint density at radius 1 is 1.35 bits per heavy atom. The smallest absolute Gasteiger partial charge is 0.307 e. The van der Waals surface area contributed by atoms with Crippen LogP contribution < -0.4 is 9.47 Å². The highest BCUT2D eigenvalue weighted by Crippen LogP contribution is 2.34. The van der Waals surface area contributed by atoms with E-state index in [0.29, 0.717) is 24.5 Å². The van der Waals surface area contributed by atoms with Crippen LogP contribution in [-0.2, 0) is 4.79 Å². The lowest BCUT2D eigenvalue weighted by Gasteiger charge is -2.14. The third-order valence-corrected chi connectivity index (χ3v) is 2.95. The lowest BCUT2D eigenvalue weighted by molar-refractivity contribution is -0.138. The number of rotatable bonds is 2. The van der Waals surface area contributed by atoms with Crippen molar-refractivity contribution in [3.63, 3.8) is 0 Å². The first-order valence-corrected chi connectivity index (χ1v) is 5.69. The molecule has 0 fully saturated rings. The number of ether oxygens (including phenoxy) is 2. The zero-order chi connectivity index (χ0) is 12.4. The lowest BCUT2D eigenvalue weighted by Crippen LogP contribution is -2.21. The summed E-state index contributed by atoms with van der Waals surface area (Å²) in [7, 11) is 0. The van der Waals surface area contributed by atoms with Gasteiger partial charge < -0.3 is 14.6 Å². The predicted octanol–water partition coefficient (Wildman–Crippen LogP) is 2.31. The number of carbonyl (C=O) groups is 1. The van der Waals surface area contributed by atoms with Gasteiger partial charge in [0, 0.05) is 6.42 Å². The molecule has 0 aliphatic carbocycles. The summed E-state index contributed by atoms with van der Waals surface area (Å²) in [5.74, 6) is 0.514. The molecular formula is C13H16O4. The van der Waals surface area contributed by atoms with E-state index in [1.165, 1.54) is 0 Å². The molecule has 0 amide bonds. The molecule has 0 aromatic heterocycles. The summed E-state index contributed by atoms with van der Waals surface area (Å²) < 4.78 is 11.3. The topological polar surface area (TPSA) is 55.8 Å². The van der Waals surface area contributed by atoms with Crippen molar-refractivity contribution in [1.29, 1.82) is 0 Å². The van der Waals surface area contributed by atoms with Crippen molar-refractivity contribution in [3.8, 4) is 11.5 Å². The SMILES string of the molecule is Cc1cc2c(cc1C)OC(CC(=O)O)CCO2. The van der Waals surface area contributed by atoms with Crippen LogP contribution >= 0.6 is 0 Å². The van der Waals surface area contributed by atoms with Gasteiger partial charge >= 0.3 is 5.97 Å². The quantitative estimate of drug-likeness (QED) is 0.856. The fourth-order valence-corrected chi connectivity index (χ4v) is 1.85. The van der Waals surface area contributed by atoms with Crippen LogP contribution in [0.2, 0.25) is 0 Å². The monoisotopic (exact) mass is 236 g/mol. The molecule has 1 heterocycles. The summed E-state index contributed by atoms with van der Waals surface area (Å²) >= 11 is 0. The number of aryl methyl sites for hydroxylation is 2.